The molecule has 0 aliphatic carbocycles. The molecule has 7 heteroatoms. The van der Waals surface area contributed by atoms with Crippen molar-refractivity contribution < 1.29 is 19.1 Å². The van der Waals surface area contributed by atoms with Crippen molar-refractivity contribution in [2.45, 2.75) is 27.2 Å². The molecule has 3 amide bonds. The van der Waals surface area contributed by atoms with Crippen LogP contribution in [0.2, 0.25) is 0 Å². The van der Waals surface area contributed by atoms with Gasteiger partial charge in [0.25, 0.3) is 0 Å². The van der Waals surface area contributed by atoms with Gasteiger partial charge in [0.1, 0.15) is 5.41 Å². The third kappa shape index (κ3) is 5.45. The number of amides is 3. The van der Waals surface area contributed by atoms with Gasteiger partial charge in [0.05, 0.1) is 6.61 Å². The van der Waals surface area contributed by atoms with Crippen molar-refractivity contribution in [3.05, 3.63) is 35.9 Å². The Morgan fingerprint density at radius 3 is 2.22 bits per heavy atom. The summed E-state index contributed by atoms with van der Waals surface area (Å²) >= 11 is 0. The quantitative estimate of drug-likeness (QED) is 0.767. The van der Waals surface area contributed by atoms with Gasteiger partial charge < -0.3 is 19.9 Å². The van der Waals surface area contributed by atoms with E-state index in [0.717, 1.165) is 12.0 Å². The lowest BCUT2D eigenvalue weighted by Gasteiger charge is -2.37. The lowest BCUT2D eigenvalue weighted by molar-refractivity contribution is -0.149. The molecular formula is C20H29N3O4. The normalized spacial score (nSPS) is 14.6. The molecule has 1 heterocycles. The van der Waals surface area contributed by atoms with E-state index in [1.54, 1.807) is 30.6 Å². The fraction of sp³-hybridized carbons (Fsp3) is 0.550. The zero-order valence-corrected chi connectivity index (χ0v) is 16.4. The van der Waals surface area contributed by atoms with Gasteiger partial charge in [-0.2, -0.15) is 0 Å². The highest BCUT2D eigenvalue weighted by Crippen LogP contribution is 2.21. The Labute approximate surface area is 160 Å². The number of nitrogens with zero attached hydrogens (tertiary/aromatic N) is 2. The summed E-state index contributed by atoms with van der Waals surface area (Å²) in [5.41, 5.74) is -0.0139. The summed E-state index contributed by atoms with van der Waals surface area (Å²) in [6.07, 6.45) is 0.359. The molecule has 0 radical (unpaired) electrons. The number of ether oxygens (including phenoxy) is 1. The Balaban J connectivity index is 1.83. The van der Waals surface area contributed by atoms with E-state index in [0.29, 0.717) is 39.3 Å². The van der Waals surface area contributed by atoms with Gasteiger partial charge in [0.15, 0.2) is 0 Å². The minimum absolute atomic E-state index is 0.219. The number of rotatable bonds is 6. The van der Waals surface area contributed by atoms with Gasteiger partial charge in [-0.15, -0.1) is 0 Å². The molecule has 0 aromatic heterocycles. The monoisotopic (exact) mass is 375 g/mol. The lowest BCUT2D eigenvalue weighted by atomic mass is 9.90. The van der Waals surface area contributed by atoms with E-state index < -0.39 is 5.41 Å². The molecular weight excluding hydrogens is 346 g/mol. The maximum absolute atomic E-state index is 12.8. The summed E-state index contributed by atoms with van der Waals surface area (Å²) in [6, 6.07) is 9.88. The number of carbonyl (C=O) groups is 3. The zero-order valence-electron chi connectivity index (χ0n) is 16.4. The van der Waals surface area contributed by atoms with E-state index in [-0.39, 0.29) is 17.9 Å². The van der Waals surface area contributed by atoms with E-state index in [1.807, 2.05) is 30.3 Å². The Morgan fingerprint density at radius 1 is 1.04 bits per heavy atom. The molecule has 2 rings (SSSR count). The van der Waals surface area contributed by atoms with Gasteiger partial charge in [-0.25, -0.2) is 4.79 Å². The highest BCUT2D eigenvalue weighted by atomic mass is 16.6. The number of piperazine rings is 1. The van der Waals surface area contributed by atoms with Crippen molar-refractivity contribution in [1.82, 2.24) is 15.1 Å². The van der Waals surface area contributed by atoms with E-state index in [2.05, 4.69) is 5.32 Å². The molecule has 0 unspecified atom stereocenters. The number of hydrogen-bond donors (Lipinski definition) is 1. The summed E-state index contributed by atoms with van der Waals surface area (Å²) < 4.78 is 4.98. The fourth-order valence-corrected chi connectivity index (χ4v) is 2.99. The minimum atomic E-state index is -1.15. The van der Waals surface area contributed by atoms with Gasteiger partial charge in [-0.3, -0.25) is 9.59 Å². The summed E-state index contributed by atoms with van der Waals surface area (Å²) in [6.45, 7) is 7.49. The Morgan fingerprint density at radius 2 is 1.63 bits per heavy atom. The van der Waals surface area contributed by atoms with Gasteiger partial charge >= 0.3 is 6.09 Å². The summed E-state index contributed by atoms with van der Waals surface area (Å²) in [4.78, 5) is 40.4. The first-order chi connectivity index (χ1) is 12.9. The van der Waals surface area contributed by atoms with Crippen molar-refractivity contribution in [1.29, 1.82) is 0 Å². The van der Waals surface area contributed by atoms with Gasteiger partial charge in [-0.05, 0) is 32.8 Å². The van der Waals surface area contributed by atoms with Gasteiger partial charge in [0, 0.05) is 32.7 Å². The van der Waals surface area contributed by atoms with Gasteiger partial charge in [-0.1, -0.05) is 30.3 Å². The SMILES string of the molecule is CCOC(=O)N1CCN(C(=O)C(C)(C)C(=O)NCCc2ccccc2)CC1. The van der Waals surface area contributed by atoms with Crippen LogP contribution < -0.4 is 5.32 Å². The molecule has 1 aromatic carbocycles. The third-order valence-corrected chi connectivity index (χ3v) is 4.74. The zero-order chi connectivity index (χ0) is 19.9. The lowest BCUT2D eigenvalue weighted by Crippen LogP contribution is -2.56. The molecule has 1 aromatic rings. The van der Waals surface area contributed by atoms with Crippen LogP contribution in [-0.2, 0) is 20.7 Å². The van der Waals surface area contributed by atoms with Crippen molar-refractivity contribution in [3.8, 4) is 0 Å². The molecule has 1 N–H and O–H groups in total. The molecule has 7 nitrogen and oxygen atoms in total. The standard InChI is InChI=1S/C20H29N3O4/c1-4-27-19(26)23-14-12-22(13-15-23)18(25)20(2,3)17(24)21-11-10-16-8-6-5-7-9-16/h5-9H,4,10-15H2,1-3H3,(H,21,24). The van der Waals surface area contributed by atoms with Crippen LogP contribution in [0.1, 0.15) is 26.3 Å². The molecule has 1 fully saturated rings. The van der Waals surface area contributed by atoms with Gasteiger partial charge in [0.2, 0.25) is 11.8 Å². The van der Waals surface area contributed by atoms with E-state index in [9.17, 15) is 14.4 Å². The van der Waals surface area contributed by atoms with E-state index in [1.165, 1.54) is 0 Å². The average molecular weight is 375 g/mol. The first-order valence-corrected chi connectivity index (χ1v) is 9.39. The Hall–Kier alpha value is -2.57. The van der Waals surface area contributed by atoms with Crippen molar-refractivity contribution in [2.24, 2.45) is 5.41 Å². The second-order valence-corrected chi connectivity index (χ2v) is 7.09. The highest BCUT2D eigenvalue weighted by molar-refractivity contribution is 6.04. The second-order valence-electron chi connectivity index (χ2n) is 7.09. The molecule has 148 valence electrons. The number of benzene rings is 1. The number of nitrogens with one attached hydrogen (secondary N) is 1. The minimum Gasteiger partial charge on any atom is -0.450 e. The predicted molar refractivity (Wildman–Crippen MR) is 102 cm³/mol. The summed E-state index contributed by atoms with van der Waals surface area (Å²) in [5.74, 6) is -0.500. The number of carbonyl (C=O) groups excluding carboxylic acids is 3. The van der Waals surface area contributed by atoms with Crippen LogP contribution in [-0.4, -0.2) is 67.0 Å². The molecule has 0 bridgehead atoms. The third-order valence-electron chi connectivity index (χ3n) is 4.74. The van der Waals surface area contributed by atoms with Crippen LogP contribution >= 0.6 is 0 Å². The molecule has 1 saturated heterocycles. The van der Waals surface area contributed by atoms with Crippen molar-refractivity contribution in [3.63, 3.8) is 0 Å². The summed E-state index contributed by atoms with van der Waals surface area (Å²) in [5, 5.41) is 2.86. The number of hydrogen-bond acceptors (Lipinski definition) is 4. The second kappa shape index (κ2) is 9.39. The summed E-state index contributed by atoms with van der Waals surface area (Å²) in [7, 11) is 0. The Kier molecular flexibility index (Phi) is 7.21. The van der Waals surface area contributed by atoms with E-state index in [4.69, 9.17) is 4.74 Å². The molecule has 0 spiro atoms. The van der Waals surface area contributed by atoms with Crippen LogP contribution in [0, 0.1) is 5.41 Å². The van der Waals surface area contributed by atoms with Crippen LogP contribution in [0.25, 0.3) is 0 Å². The molecule has 1 aliphatic rings. The average Bonchev–Trinajstić information content (AvgIpc) is 2.68. The predicted octanol–water partition coefficient (Wildman–Crippen LogP) is 1.67. The van der Waals surface area contributed by atoms with Crippen LogP contribution in [0.4, 0.5) is 4.79 Å². The largest absolute Gasteiger partial charge is 0.450 e. The van der Waals surface area contributed by atoms with Crippen LogP contribution in [0.15, 0.2) is 30.3 Å². The van der Waals surface area contributed by atoms with Crippen molar-refractivity contribution >= 4 is 17.9 Å². The maximum atomic E-state index is 12.8. The fourth-order valence-electron chi connectivity index (χ4n) is 2.99. The smallest absolute Gasteiger partial charge is 0.409 e. The van der Waals surface area contributed by atoms with Crippen molar-refractivity contribution in [2.75, 3.05) is 39.3 Å². The molecule has 1 aliphatic heterocycles. The van der Waals surface area contributed by atoms with Crippen LogP contribution in [0.5, 0.6) is 0 Å². The molecule has 27 heavy (non-hydrogen) atoms. The first-order valence-electron chi connectivity index (χ1n) is 9.39. The maximum Gasteiger partial charge on any atom is 0.409 e. The Bertz CT molecular complexity index is 652. The highest BCUT2D eigenvalue weighted by Gasteiger charge is 2.40. The first kappa shape index (κ1) is 20.7. The topological polar surface area (TPSA) is 79.0 Å². The van der Waals surface area contributed by atoms with Crippen LogP contribution in [0.3, 0.4) is 0 Å². The molecule has 0 saturated carbocycles. The van der Waals surface area contributed by atoms with E-state index >= 15 is 0 Å². The molecule has 0 atom stereocenters.